The van der Waals surface area contributed by atoms with E-state index in [0.717, 1.165) is 5.00 Å². The number of carbonyl (C=O) groups excluding carboxylic acids is 1. The molecule has 0 aliphatic heterocycles. The van der Waals surface area contributed by atoms with E-state index in [4.69, 9.17) is 9.94 Å². The van der Waals surface area contributed by atoms with Crippen LogP contribution in [0.1, 0.15) is 19.8 Å². The van der Waals surface area contributed by atoms with Crippen molar-refractivity contribution >= 4 is 28.3 Å². The summed E-state index contributed by atoms with van der Waals surface area (Å²) < 4.78 is 0. The van der Waals surface area contributed by atoms with Crippen LogP contribution in [-0.2, 0) is 14.4 Å². The van der Waals surface area contributed by atoms with Gasteiger partial charge < -0.3 is 9.94 Å². The van der Waals surface area contributed by atoms with E-state index < -0.39 is 17.4 Å². The number of aliphatic carboxylic acids is 1. The van der Waals surface area contributed by atoms with Crippen LogP contribution in [0.5, 0.6) is 0 Å². The third-order valence-corrected chi connectivity index (χ3v) is 3.66. The Labute approximate surface area is 103 Å². The number of anilines is 1. The molecule has 0 saturated heterocycles. The summed E-state index contributed by atoms with van der Waals surface area (Å²) in [5.41, 5.74) is -1.30. The topological polar surface area (TPSA) is 66.8 Å². The zero-order chi connectivity index (χ0) is 12.5. The van der Waals surface area contributed by atoms with Gasteiger partial charge in [0.2, 0.25) is 0 Å². The fourth-order valence-corrected chi connectivity index (χ4v) is 2.23. The average molecular weight is 255 g/mol. The lowest BCUT2D eigenvalue weighted by Crippen LogP contribution is -2.34. The Kier molecular flexibility index (Phi) is 3.06. The van der Waals surface area contributed by atoms with E-state index in [1.165, 1.54) is 16.4 Å². The predicted octanol–water partition coefficient (Wildman–Crippen LogP) is 1.90. The molecule has 0 amide bonds. The fraction of sp³-hybridized carbons (Fsp3) is 0.455. The monoisotopic (exact) mass is 255 g/mol. The highest BCUT2D eigenvalue weighted by molar-refractivity contribution is 7.14. The van der Waals surface area contributed by atoms with Crippen molar-refractivity contribution in [2.75, 3.05) is 11.6 Å². The van der Waals surface area contributed by atoms with E-state index >= 15 is 0 Å². The van der Waals surface area contributed by atoms with Crippen molar-refractivity contribution in [1.82, 2.24) is 0 Å². The summed E-state index contributed by atoms with van der Waals surface area (Å²) in [6.07, 6.45) is 0.728. The van der Waals surface area contributed by atoms with Crippen LogP contribution < -0.4 is 5.06 Å². The number of nitrogens with zero attached hydrogens (tertiary/aromatic N) is 1. The van der Waals surface area contributed by atoms with Crippen molar-refractivity contribution < 1.29 is 19.5 Å². The Bertz CT molecular complexity index is 425. The lowest BCUT2D eigenvalue weighted by Gasteiger charge is -2.21. The molecule has 6 heteroatoms. The highest BCUT2D eigenvalue weighted by Crippen LogP contribution is 2.47. The van der Waals surface area contributed by atoms with Crippen LogP contribution in [0, 0.1) is 5.41 Å². The molecule has 0 spiro atoms. The minimum atomic E-state index is -1.30. The molecule has 0 bridgehead atoms. The SMILES string of the molecule is CCN(OC(=O)C1(C(=O)O)CC1)c1cccs1. The summed E-state index contributed by atoms with van der Waals surface area (Å²) in [4.78, 5) is 27.9. The number of thiophene rings is 1. The second-order valence-corrected chi connectivity index (χ2v) is 4.84. The quantitative estimate of drug-likeness (QED) is 0.643. The summed E-state index contributed by atoms with van der Waals surface area (Å²) >= 11 is 1.44. The maximum atomic E-state index is 11.8. The second-order valence-electron chi connectivity index (χ2n) is 3.91. The molecule has 1 aliphatic carbocycles. The number of hydroxylamine groups is 1. The van der Waals surface area contributed by atoms with E-state index in [2.05, 4.69) is 0 Å². The summed E-state index contributed by atoms with van der Waals surface area (Å²) in [5.74, 6) is -1.76. The first-order valence-corrected chi connectivity index (χ1v) is 6.25. The highest BCUT2D eigenvalue weighted by atomic mass is 32.1. The molecule has 1 aromatic rings. The normalized spacial score (nSPS) is 16.3. The second kappa shape index (κ2) is 4.37. The van der Waals surface area contributed by atoms with Gasteiger partial charge in [0.05, 0.1) is 6.54 Å². The van der Waals surface area contributed by atoms with Gasteiger partial charge >= 0.3 is 11.9 Å². The minimum absolute atomic E-state index is 0.364. The van der Waals surface area contributed by atoms with E-state index in [1.807, 2.05) is 24.4 Å². The first-order valence-electron chi connectivity index (χ1n) is 5.37. The molecule has 1 saturated carbocycles. The molecule has 92 valence electrons. The predicted molar refractivity (Wildman–Crippen MR) is 62.7 cm³/mol. The van der Waals surface area contributed by atoms with Gasteiger partial charge in [-0.05, 0) is 37.3 Å². The number of carboxylic acid groups (broad SMARTS) is 1. The van der Waals surface area contributed by atoms with Crippen LogP contribution in [0.15, 0.2) is 17.5 Å². The highest BCUT2D eigenvalue weighted by Gasteiger charge is 2.59. The van der Waals surface area contributed by atoms with Crippen LogP contribution >= 0.6 is 11.3 Å². The number of carboxylic acids is 1. The van der Waals surface area contributed by atoms with Crippen LogP contribution in [-0.4, -0.2) is 23.6 Å². The molecular weight excluding hydrogens is 242 g/mol. The van der Waals surface area contributed by atoms with Gasteiger partial charge in [0.25, 0.3) is 0 Å². The average Bonchev–Trinajstić information content (AvgIpc) is 2.96. The summed E-state index contributed by atoms with van der Waals surface area (Å²) in [7, 11) is 0. The third-order valence-electron chi connectivity index (χ3n) is 2.78. The molecule has 0 unspecified atom stereocenters. The van der Waals surface area contributed by atoms with Crippen molar-refractivity contribution in [2.24, 2.45) is 5.41 Å². The smallest absolute Gasteiger partial charge is 0.349 e. The minimum Gasteiger partial charge on any atom is -0.480 e. The Morgan fingerprint density at radius 1 is 1.59 bits per heavy atom. The van der Waals surface area contributed by atoms with Crippen molar-refractivity contribution in [2.45, 2.75) is 19.8 Å². The summed E-state index contributed by atoms with van der Waals surface area (Å²) in [6, 6.07) is 3.67. The van der Waals surface area contributed by atoms with Crippen LogP contribution in [0.4, 0.5) is 5.00 Å². The number of hydrogen-bond donors (Lipinski definition) is 1. The number of hydrogen-bond acceptors (Lipinski definition) is 5. The van der Waals surface area contributed by atoms with E-state index in [1.54, 1.807) is 0 Å². The Balaban J connectivity index is 2.05. The lowest BCUT2D eigenvalue weighted by atomic mass is 10.1. The van der Waals surface area contributed by atoms with Gasteiger partial charge in [0.1, 0.15) is 5.00 Å². The molecule has 0 atom stereocenters. The Morgan fingerprint density at radius 3 is 2.71 bits per heavy atom. The van der Waals surface area contributed by atoms with Gasteiger partial charge in [0, 0.05) is 0 Å². The van der Waals surface area contributed by atoms with Crippen molar-refractivity contribution in [3.63, 3.8) is 0 Å². The van der Waals surface area contributed by atoms with Crippen molar-refractivity contribution in [3.8, 4) is 0 Å². The molecule has 1 aromatic heterocycles. The molecular formula is C11H13NO4S. The van der Waals surface area contributed by atoms with Crippen molar-refractivity contribution in [3.05, 3.63) is 17.5 Å². The van der Waals surface area contributed by atoms with Crippen LogP contribution in [0.3, 0.4) is 0 Å². The maximum Gasteiger partial charge on any atom is 0.349 e. The number of carbonyl (C=O) groups is 2. The Hall–Kier alpha value is -1.56. The zero-order valence-corrected chi connectivity index (χ0v) is 10.2. The lowest BCUT2D eigenvalue weighted by molar-refractivity contribution is -0.162. The van der Waals surface area contributed by atoms with E-state index in [0.29, 0.717) is 19.4 Å². The molecule has 17 heavy (non-hydrogen) atoms. The van der Waals surface area contributed by atoms with E-state index in [9.17, 15) is 9.59 Å². The van der Waals surface area contributed by atoms with E-state index in [-0.39, 0.29) is 0 Å². The molecule has 2 rings (SSSR count). The van der Waals surface area contributed by atoms with Crippen LogP contribution in [0.25, 0.3) is 0 Å². The van der Waals surface area contributed by atoms with Gasteiger partial charge in [0.15, 0.2) is 5.41 Å². The first kappa shape index (κ1) is 11.9. The molecule has 1 heterocycles. The van der Waals surface area contributed by atoms with Crippen molar-refractivity contribution in [1.29, 1.82) is 0 Å². The standard InChI is InChI=1S/C11H13NO4S/c1-2-12(8-4-3-7-17-8)16-10(15)11(5-6-11)9(13)14/h3-4,7H,2,5-6H2,1H3,(H,13,14). The van der Waals surface area contributed by atoms with Crippen LogP contribution in [0.2, 0.25) is 0 Å². The fourth-order valence-electron chi connectivity index (χ4n) is 1.49. The number of rotatable bonds is 5. The first-order chi connectivity index (χ1) is 8.10. The maximum absolute atomic E-state index is 11.8. The summed E-state index contributed by atoms with van der Waals surface area (Å²) in [6.45, 7) is 2.33. The van der Waals surface area contributed by atoms with Gasteiger partial charge in [-0.15, -0.1) is 11.3 Å². The largest absolute Gasteiger partial charge is 0.480 e. The zero-order valence-electron chi connectivity index (χ0n) is 9.38. The third kappa shape index (κ3) is 2.12. The molecule has 0 radical (unpaired) electrons. The Morgan fingerprint density at radius 2 is 2.29 bits per heavy atom. The van der Waals surface area contributed by atoms with Gasteiger partial charge in [-0.2, -0.15) is 5.06 Å². The van der Waals surface area contributed by atoms with Gasteiger partial charge in [-0.1, -0.05) is 0 Å². The summed E-state index contributed by atoms with van der Waals surface area (Å²) in [5, 5.41) is 13.1. The molecule has 1 N–H and O–H groups in total. The molecule has 1 fully saturated rings. The molecule has 5 nitrogen and oxygen atoms in total. The molecule has 1 aliphatic rings. The van der Waals surface area contributed by atoms with Gasteiger partial charge in [-0.25, -0.2) is 4.79 Å². The van der Waals surface area contributed by atoms with Gasteiger partial charge in [-0.3, -0.25) is 4.79 Å². The molecule has 0 aromatic carbocycles.